The van der Waals surface area contributed by atoms with E-state index in [1.807, 2.05) is 24.3 Å². The van der Waals surface area contributed by atoms with Crippen LogP contribution in [0, 0.1) is 0 Å². The van der Waals surface area contributed by atoms with Crippen LogP contribution < -0.4 is 11.0 Å². The summed E-state index contributed by atoms with van der Waals surface area (Å²) in [7, 11) is 0. The van der Waals surface area contributed by atoms with Gasteiger partial charge in [0.2, 0.25) is 5.82 Å². The third-order valence-corrected chi connectivity index (χ3v) is 5.15. The first-order chi connectivity index (χ1) is 13.8. The number of nitrogens with one attached hydrogen (secondary N) is 1. The minimum absolute atomic E-state index is 0.0439. The van der Waals surface area contributed by atoms with E-state index in [9.17, 15) is 9.59 Å². The monoisotopic (exact) mass is 394 g/mol. The van der Waals surface area contributed by atoms with Gasteiger partial charge in [-0.1, -0.05) is 32.9 Å². The first-order valence-corrected chi connectivity index (χ1v) is 9.96. The summed E-state index contributed by atoms with van der Waals surface area (Å²) in [5.41, 5.74) is 1.66. The van der Waals surface area contributed by atoms with Crippen molar-refractivity contribution in [2.75, 3.05) is 6.54 Å². The van der Waals surface area contributed by atoms with Gasteiger partial charge < -0.3 is 9.73 Å². The number of amides is 1. The molecule has 1 fully saturated rings. The Morgan fingerprint density at radius 3 is 2.52 bits per heavy atom. The van der Waals surface area contributed by atoms with Gasteiger partial charge in [0.05, 0.1) is 12.8 Å². The Hall–Kier alpha value is -3.09. The highest BCUT2D eigenvalue weighted by Gasteiger charge is 2.31. The molecule has 0 unspecified atom stereocenters. The Bertz CT molecular complexity index is 1050. The summed E-state index contributed by atoms with van der Waals surface area (Å²) in [6.45, 7) is 7.03. The van der Waals surface area contributed by atoms with E-state index in [1.165, 1.54) is 10.2 Å². The maximum atomic E-state index is 12.8. The molecule has 1 N–H and O–H groups in total. The highest BCUT2D eigenvalue weighted by molar-refractivity contribution is 5.94. The SMILES string of the molecule is CC(C)(C)c1ccc(C(=O)NCCn2nc(-c3ccco3)n(C3CC3)c2=O)cc1. The van der Waals surface area contributed by atoms with Gasteiger partial charge in [-0.25, -0.2) is 9.48 Å². The predicted octanol–water partition coefficient (Wildman–Crippen LogP) is 3.37. The lowest BCUT2D eigenvalue weighted by Gasteiger charge is -2.19. The molecule has 152 valence electrons. The Labute approximate surface area is 169 Å². The number of furan rings is 1. The summed E-state index contributed by atoms with van der Waals surface area (Å²) >= 11 is 0. The summed E-state index contributed by atoms with van der Waals surface area (Å²) in [5, 5.41) is 7.31. The van der Waals surface area contributed by atoms with Crippen molar-refractivity contribution in [1.82, 2.24) is 19.7 Å². The van der Waals surface area contributed by atoms with Crippen LogP contribution in [0.5, 0.6) is 0 Å². The lowest BCUT2D eigenvalue weighted by Crippen LogP contribution is -2.32. The maximum absolute atomic E-state index is 12.8. The fourth-order valence-electron chi connectivity index (χ4n) is 3.30. The van der Waals surface area contributed by atoms with Crippen LogP contribution in [-0.2, 0) is 12.0 Å². The molecule has 1 aliphatic rings. The molecule has 0 radical (unpaired) electrons. The molecular formula is C22H26N4O3. The number of hydrogen-bond donors (Lipinski definition) is 1. The molecule has 3 aromatic rings. The van der Waals surface area contributed by atoms with Crippen LogP contribution in [0.15, 0.2) is 51.9 Å². The van der Waals surface area contributed by atoms with Crippen molar-refractivity contribution in [2.24, 2.45) is 0 Å². The van der Waals surface area contributed by atoms with E-state index in [0.29, 0.717) is 30.2 Å². The van der Waals surface area contributed by atoms with Crippen molar-refractivity contribution < 1.29 is 9.21 Å². The molecule has 0 aliphatic heterocycles. The van der Waals surface area contributed by atoms with E-state index in [4.69, 9.17) is 4.42 Å². The molecule has 2 heterocycles. The predicted molar refractivity (Wildman–Crippen MR) is 110 cm³/mol. The molecule has 29 heavy (non-hydrogen) atoms. The number of carbonyl (C=O) groups excluding carboxylic acids is 1. The van der Waals surface area contributed by atoms with Crippen molar-refractivity contribution in [3.8, 4) is 11.6 Å². The highest BCUT2D eigenvalue weighted by Crippen LogP contribution is 2.36. The van der Waals surface area contributed by atoms with Crippen LogP contribution in [-0.4, -0.2) is 26.8 Å². The first-order valence-electron chi connectivity index (χ1n) is 9.96. The molecule has 1 aliphatic carbocycles. The normalized spacial score (nSPS) is 14.2. The van der Waals surface area contributed by atoms with Crippen molar-refractivity contribution in [3.05, 3.63) is 64.3 Å². The van der Waals surface area contributed by atoms with Crippen molar-refractivity contribution in [1.29, 1.82) is 0 Å². The lowest BCUT2D eigenvalue weighted by molar-refractivity contribution is 0.0951. The topological polar surface area (TPSA) is 82.1 Å². The molecule has 1 aromatic carbocycles. The minimum Gasteiger partial charge on any atom is -0.461 e. The van der Waals surface area contributed by atoms with E-state index < -0.39 is 0 Å². The van der Waals surface area contributed by atoms with Crippen LogP contribution in [0.25, 0.3) is 11.6 Å². The number of hydrogen-bond acceptors (Lipinski definition) is 4. The summed E-state index contributed by atoms with van der Waals surface area (Å²) in [5.74, 6) is 0.966. The second-order valence-corrected chi connectivity index (χ2v) is 8.49. The third kappa shape index (κ3) is 4.04. The summed E-state index contributed by atoms with van der Waals surface area (Å²) in [6.07, 6.45) is 3.52. The maximum Gasteiger partial charge on any atom is 0.346 e. The number of rotatable bonds is 6. The van der Waals surface area contributed by atoms with Crippen LogP contribution in [0.3, 0.4) is 0 Å². The van der Waals surface area contributed by atoms with Gasteiger partial charge in [-0.2, -0.15) is 0 Å². The largest absolute Gasteiger partial charge is 0.461 e. The molecule has 1 amide bonds. The van der Waals surface area contributed by atoms with E-state index in [1.54, 1.807) is 23.0 Å². The average molecular weight is 394 g/mol. The fourth-order valence-corrected chi connectivity index (χ4v) is 3.30. The molecule has 0 atom stereocenters. The van der Waals surface area contributed by atoms with Gasteiger partial charge in [-0.05, 0) is 48.1 Å². The lowest BCUT2D eigenvalue weighted by atomic mass is 9.87. The van der Waals surface area contributed by atoms with Crippen molar-refractivity contribution in [2.45, 2.75) is 51.6 Å². The van der Waals surface area contributed by atoms with Gasteiger partial charge in [0.1, 0.15) is 0 Å². The number of carbonyl (C=O) groups is 1. The van der Waals surface area contributed by atoms with Crippen LogP contribution in [0.2, 0.25) is 0 Å². The van der Waals surface area contributed by atoms with Gasteiger partial charge >= 0.3 is 5.69 Å². The highest BCUT2D eigenvalue weighted by atomic mass is 16.3. The minimum atomic E-state index is -0.164. The molecule has 0 spiro atoms. The molecule has 4 rings (SSSR count). The number of nitrogens with zero attached hydrogens (tertiary/aromatic N) is 3. The first kappa shape index (κ1) is 19.2. The molecule has 0 bridgehead atoms. The summed E-state index contributed by atoms with van der Waals surface area (Å²) in [6, 6.07) is 11.4. The Kier molecular flexibility index (Phi) is 4.90. The molecule has 1 saturated carbocycles. The van der Waals surface area contributed by atoms with Gasteiger partial charge in [0.25, 0.3) is 5.91 Å². The zero-order chi connectivity index (χ0) is 20.6. The van der Waals surface area contributed by atoms with Crippen molar-refractivity contribution in [3.63, 3.8) is 0 Å². The smallest absolute Gasteiger partial charge is 0.346 e. The Morgan fingerprint density at radius 2 is 1.93 bits per heavy atom. The number of aromatic nitrogens is 3. The van der Waals surface area contributed by atoms with Crippen LogP contribution in [0.1, 0.15) is 55.6 Å². The van der Waals surface area contributed by atoms with E-state index >= 15 is 0 Å². The van der Waals surface area contributed by atoms with Gasteiger partial charge in [-0.15, -0.1) is 5.10 Å². The second kappa shape index (κ2) is 7.39. The zero-order valence-electron chi connectivity index (χ0n) is 17.0. The Morgan fingerprint density at radius 1 is 1.21 bits per heavy atom. The van der Waals surface area contributed by atoms with Gasteiger partial charge in [0, 0.05) is 18.2 Å². The van der Waals surface area contributed by atoms with E-state index in [2.05, 4.69) is 31.2 Å². The quantitative estimate of drug-likeness (QED) is 0.695. The molecule has 7 nitrogen and oxygen atoms in total. The van der Waals surface area contributed by atoms with E-state index in [0.717, 1.165) is 12.8 Å². The standard InChI is InChI=1S/C22H26N4O3/c1-22(2,3)16-8-6-15(7-9-16)20(27)23-12-13-25-21(28)26(17-10-11-17)19(24-25)18-5-4-14-29-18/h4-9,14,17H,10-13H2,1-3H3,(H,23,27). The molecule has 2 aromatic heterocycles. The number of benzene rings is 1. The average Bonchev–Trinajstić information content (AvgIpc) is 3.26. The van der Waals surface area contributed by atoms with Gasteiger partial charge in [0.15, 0.2) is 5.76 Å². The zero-order valence-corrected chi connectivity index (χ0v) is 17.0. The summed E-state index contributed by atoms with van der Waals surface area (Å²) < 4.78 is 8.54. The van der Waals surface area contributed by atoms with Crippen LogP contribution >= 0.6 is 0 Å². The summed E-state index contributed by atoms with van der Waals surface area (Å²) in [4.78, 5) is 25.2. The second-order valence-electron chi connectivity index (χ2n) is 8.49. The van der Waals surface area contributed by atoms with E-state index in [-0.39, 0.29) is 23.1 Å². The Balaban J connectivity index is 1.43. The molecule has 0 saturated heterocycles. The molecular weight excluding hydrogens is 368 g/mol. The third-order valence-electron chi connectivity index (χ3n) is 5.15. The molecule has 7 heteroatoms. The fraction of sp³-hybridized carbons (Fsp3) is 0.409. The van der Waals surface area contributed by atoms with Crippen molar-refractivity contribution >= 4 is 5.91 Å². The van der Waals surface area contributed by atoms with Crippen LogP contribution in [0.4, 0.5) is 0 Å². The van der Waals surface area contributed by atoms with Gasteiger partial charge in [-0.3, -0.25) is 9.36 Å².